The Kier molecular flexibility index (Phi) is 3.65. The molecule has 2 heteroatoms. The first kappa shape index (κ1) is 13.1. The number of rotatable bonds is 2. The molecule has 2 rings (SSSR count). The Morgan fingerprint density at radius 1 is 1.35 bits per heavy atom. The van der Waals surface area contributed by atoms with Crippen molar-refractivity contribution in [3.8, 4) is 0 Å². The zero-order valence-corrected chi connectivity index (χ0v) is 11.6. The molecule has 17 heavy (non-hydrogen) atoms. The van der Waals surface area contributed by atoms with Gasteiger partial charge in [-0.3, -0.25) is 0 Å². The Balaban J connectivity index is 2.04. The van der Waals surface area contributed by atoms with Crippen molar-refractivity contribution in [3.05, 3.63) is 11.6 Å². The van der Waals surface area contributed by atoms with E-state index in [-0.39, 0.29) is 0 Å². The Hall–Kier alpha value is -0.340. The summed E-state index contributed by atoms with van der Waals surface area (Å²) < 4.78 is 5.61. The van der Waals surface area contributed by atoms with Crippen molar-refractivity contribution in [2.75, 3.05) is 0 Å². The fourth-order valence-electron chi connectivity index (χ4n) is 3.40. The predicted molar refractivity (Wildman–Crippen MR) is 69.5 cm³/mol. The molecule has 98 valence electrons. The van der Waals surface area contributed by atoms with E-state index in [4.69, 9.17) is 4.74 Å². The van der Waals surface area contributed by atoms with E-state index in [1.807, 2.05) is 0 Å². The van der Waals surface area contributed by atoms with Crippen molar-refractivity contribution in [1.82, 2.24) is 0 Å². The molecular weight excluding hydrogens is 212 g/mol. The molecule has 0 amide bonds. The molecule has 0 bridgehead atoms. The number of ether oxygens (including phenoxy) is 1. The zero-order chi connectivity index (χ0) is 12.6. The SMILES string of the molecule is CC(C)=CC[C@H]1C[C@H]2CC(O)O[C@H]2CC1(C)C. The topological polar surface area (TPSA) is 29.5 Å². The molecule has 1 N–H and O–H groups in total. The number of aliphatic hydroxyl groups excluding tert-OH is 1. The lowest BCUT2D eigenvalue weighted by atomic mass is 9.63. The molecule has 1 saturated carbocycles. The van der Waals surface area contributed by atoms with E-state index in [0.29, 0.717) is 17.4 Å². The van der Waals surface area contributed by atoms with E-state index in [2.05, 4.69) is 33.8 Å². The van der Waals surface area contributed by atoms with Crippen molar-refractivity contribution in [1.29, 1.82) is 0 Å². The first-order valence-electron chi connectivity index (χ1n) is 6.85. The van der Waals surface area contributed by atoms with E-state index in [1.165, 1.54) is 18.4 Å². The van der Waals surface area contributed by atoms with Crippen molar-refractivity contribution in [2.24, 2.45) is 17.3 Å². The molecule has 0 aromatic heterocycles. The second-order valence-corrected chi connectivity index (χ2v) is 6.77. The van der Waals surface area contributed by atoms with Crippen LogP contribution in [0.5, 0.6) is 0 Å². The normalized spacial score (nSPS) is 39.8. The summed E-state index contributed by atoms with van der Waals surface area (Å²) in [6.07, 6.45) is 6.46. The molecule has 1 heterocycles. The van der Waals surface area contributed by atoms with Crippen LogP contribution in [0.3, 0.4) is 0 Å². The highest BCUT2D eigenvalue weighted by Crippen LogP contribution is 2.49. The third-order valence-corrected chi connectivity index (χ3v) is 4.59. The highest BCUT2D eigenvalue weighted by atomic mass is 16.6. The van der Waals surface area contributed by atoms with E-state index in [1.54, 1.807) is 0 Å². The summed E-state index contributed by atoms with van der Waals surface area (Å²) in [5, 5.41) is 9.60. The molecule has 0 radical (unpaired) electrons. The van der Waals surface area contributed by atoms with Gasteiger partial charge in [0.1, 0.15) is 0 Å². The molecule has 0 spiro atoms. The quantitative estimate of drug-likeness (QED) is 0.746. The lowest BCUT2D eigenvalue weighted by Crippen LogP contribution is -2.38. The standard InChI is InChI=1S/C15H26O2/c1-10(2)5-6-12-7-11-8-14(16)17-13(11)9-15(12,3)4/h5,11-14,16H,6-9H2,1-4H3/t11-,12-,13-,14?/m0/s1. The Labute approximate surface area is 105 Å². The zero-order valence-electron chi connectivity index (χ0n) is 11.6. The summed E-state index contributed by atoms with van der Waals surface area (Å²) in [6.45, 7) is 9.03. The summed E-state index contributed by atoms with van der Waals surface area (Å²) >= 11 is 0. The largest absolute Gasteiger partial charge is 0.368 e. The van der Waals surface area contributed by atoms with E-state index in [9.17, 15) is 5.11 Å². The average Bonchev–Trinajstić information content (AvgIpc) is 2.52. The van der Waals surface area contributed by atoms with Crippen LogP contribution in [-0.4, -0.2) is 17.5 Å². The molecule has 2 aliphatic rings. The number of hydrogen-bond donors (Lipinski definition) is 1. The number of allylic oxidation sites excluding steroid dienone is 2. The lowest BCUT2D eigenvalue weighted by Gasteiger charge is -2.43. The van der Waals surface area contributed by atoms with Crippen molar-refractivity contribution >= 4 is 0 Å². The van der Waals surface area contributed by atoms with Gasteiger partial charge in [0.05, 0.1) is 6.10 Å². The first-order valence-corrected chi connectivity index (χ1v) is 6.85. The monoisotopic (exact) mass is 238 g/mol. The Morgan fingerprint density at radius 3 is 2.71 bits per heavy atom. The van der Waals surface area contributed by atoms with Crippen LogP contribution < -0.4 is 0 Å². The molecule has 0 aromatic rings. The van der Waals surface area contributed by atoms with E-state index < -0.39 is 6.29 Å². The van der Waals surface area contributed by atoms with Crippen LogP contribution in [0.1, 0.15) is 53.4 Å². The van der Waals surface area contributed by atoms with Crippen LogP contribution in [-0.2, 0) is 4.74 Å². The van der Waals surface area contributed by atoms with Gasteiger partial charge in [-0.2, -0.15) is 0 Å². The first-order chi connectivity index (χ1) is 7.88. The number of fused-ring (bicyclic) bond motifs is 1. The number of hydrogen-bond acceptors (Lipinski definition) is 2. The van der Waals surface area contributed by atoms with E-state index >= 15 is 0 Å². The number of aliphatic hydroxyl groups is 1. The van der Waals surface area contributed by atoms with Gasteiger partial charge in [-0.15, -0.1) is 0 Å². The van der Waals surface area contributed by atoms with Crippen molar-refractivity contribution in [2.45, 2.75) is 65.8 Å². The van der Waals surface area contributed by atoms with Gasteiger partial charge in [-0.1, -0.05) is 25.5 Å². The molecule has 4 atom stereocenters. The maximum absolute atomic E-state index is 9.60. The molecule has 1 aliphatic carbocycles. The molecule has 1 unspecified atom stereocenters. The Morgan fingerprint density at radius 2 is 2.06 bits per heavy atom. The maximum atomic E-state index is 9.60. The van der Waals surface area contributed by atoms with Gasteiger partial charge in [0.2, 0.25) is 0 Å². The van der Waals surface area contributed by atoms with Crippen LogP contribution in [0.25, 0.3) is 0 Å². The van der Waals surface area contributed by atoms with Gasteiger partial charge in [-0.05, 0) is 50.4 Å². The van der Waals surface area contributed by atoms with Gasteiger partial charge in [0.15, 0.2) is 6.29 Å². The van der Waals surface area contributed by atoms with Crippen LogP contribution in [0, 0.1) is 17.3 Å². The smallest absolute Gasteiger partial charge is 0.155 e. The average molecular weight is 238 g/mol. The minimum atomic E-state index is -0.511. The van der Waals surface area contributed by atoms with Gasteiger partial charge in [0, 0.05) is 6.42 Å². The minimum Gasteiger partial charge on any atom is -0.368 e. The summed E-state index contributed by atoms with van der Waals surface area (Å²) in [4.78, 5) is 0. The molecule has 1 aliphatic heterocycles. The van der Waals surface area contributed by atoms with Crippen LogP contribution >= 0.6 is 0 Å². The van der Waals surface area contributed by atoms with Gasteiger partial charge in [-0.25, -0.2) is 0 Å². The van der Waals surface area contributed by atoms with Crippen LogP contribution in [0.15, 0.2) is 11.6 Å². The highest BCUT2D eigenvalue weighted by molar-refractivity contribution is 5.00. The second-order valence-electron chi connectivity index (χ2n) is 6.77. The van der Waals surface area contributed by atoms with Gasteiger partial charge < -0.3 is 9.84 Å². The highest BCUT2D eigenvalue weighted by Gasteiger charge is 2.46. The summed E-state index contributed by atoms with van der Waals surface area (Å²) in [7, 11) is 0. The predicted octanol–water partition coefficient (Wildman–Crippen LogP) is 3.50. The van der Waals surface area contributed by atoms with Gasteiger partial charge in [0.25, 0.3) is 0 Å². The molecule has 1 saturated heterocycles. The summed E-state index contributed by atoms with van der Waals surface area (Å²) in [5.41, 5.74) is 1.74. The molecule has 0 aromatic carbocycles. The van der Waals surface area contributed by atoms with Gasteiger partial charge >= 0.3 is 0 Å². The summed E-state index contributed by atoms with van der Waals surface area (Å²) in [5.74, 6) is 1.31. The second kappa shape index (κ2) is 4.74. The third kappa shape index (κ3) is 2.92. The van der Waals surface area contributed by atoms with Crippen molar-refractivity contribution in [3.63, 3.8) is 0 Å². The fourth-order valence-corrected chi connectivity index (χ4v) is 3.40. The van der Waals surface area contributed by atoms with Crippen molar-refractivity contribution < 1.29 is 9.84 Å². The summed E-state index contributed by atoms with van der Waals surface area (Å²) in [6, 6.07) is 0. The maximum Gasteiger partial charge on any atom is 0.155 e. The fraction of sp³-hybridized carbons (Fsp3) is 0.867. The van der Waals surface area contributed by atoms with E-state index in [0.717, 1.165) is 18.8 Å². The minimum absolute atomic E-state index is 0.294. The third-order valence-electron chi connectivity index (χ3n) is 4.59. The molecule has 2 fully saturated rings. The van der Waals surface area contributed by atoms with Crippen LogP contribution in [0.4, 0.5) is 0 Å². The molecular formula is C15H26O2. The Bertz CT molecular complexity index is 302. The van der Waals surface area contributed by atoms with Crippen LogP contribution in [0.2, 0.25) is 0 Å². The lowest BCUT2D eigenvalue weighted by molar-refractivity contribution is -0.112. The molecule has 2 nitrogen and oxygen atoms in total.